The van der Waals surface area contributed by atoms with E-state index in [-0.39, 0.29) is 11.8 Å². The topological polar surface area (TPSA) is 60.9 Å². The van der Waals surface area contributed by atoms with E-state index in [9.17, 15) is 14.7 Å². The summed E-state index contributed by atoms with van der Waals surface area (Å²) in [6.07, 6.45) is 0.123. The van der Waals surface area contributed by atoms with Gasteiger partial charge in [0.15, 0.2) is 0 Å². The number of benzene rings is 1. The average molecular weight is 288 g/mol. The summed E-state index contributed by atoms with van der Waals surface area (Å²) in [6.45, 7) is 5.29. The van der Waals surface area contributed by atoms with E-state index in [1.807, 2.05) is 26.0 Å². The number of anilines is 1. The molecule has 0 bridgehead atoms. The van der Waals surface area contributed by atoms with Crippen molar-refractivity contribution in [2.24, 2.45) is 5.92 Å². The quantitative estimate of drug-likeness (QED) is 0.821. The lowest BCUT2D eigenvalue weighted by atomic mass is 10.0. The molecular formula is C16H20N2O3. The van der Waals surface area contributed by atoms with E-state index in [2.05, 4.69) is 6.07 Å². The summed E-state index contributed by atoms with van der Waals surface area (Å²) in [5.74, 6) is -0.845. The van der Waals surface area contributed by atoms with Crippen LogP contribution >= 0.6 is 0 Å². The molecule has 21 heavy (non-hydrogen) atoms. The van der Waals surface area contributed by atoms with Gasteiger partial charge in [0.2, 0.25) is 11.8 Å². The number of aryl methyl sites for hydroxylation is 2. The summed E-state index contributed by atoms with van der Waals surface area (Å²) in [6, 6.07) is 6.02. The second-order valence-corrected chi connectivity index (χ2v) is 6.07. The van der Waals surface area contributed by atoms with Crippen LogP contribution in [0, 0.1) is 19.8 Å². The Labute approximate surface area is 124 Å². The highest BCUT2D eigenvalue weighted by Crippen LogP contribution is 2.29. The molecule has 2 saturated heterocycles. The van der Waals surface area contributed by atoms with Crippen molar-refractivity contribution in [2.45, 2.75) is 26.4 Å². The molecule has 1 N–H and O–H groups in total. The van der Waals surface area contributed by atoms with Crippen molar-refractivity contribution < 1.29 is 14.7 Å². The monoisotopic (exact) mass is 288 g/mol. The summed E-state index contributed by atoms with van der Waals surface area (Å²) >= 11 is 0. The molecule has 2 aliphatic rings. The van der Waals surface area contributed by atoms with Crippen molar-refractivity contribution in [3.63, 3.8) is 0 Å². The van der Waals surface area contributed by atoms with Crippen LogP contribution in [-0.2, 0) is 9.59 Å². The van der Waals surface area contributed by atoms with Gasteiger partial charge in [0.1, 0.15) is 5.92 Å². The second-order valence-electron chi connectivity index (χ2n) is 6.07. The van der Waals surface area contributed by atoms with Crippen LogP contribution in [0.1, 0.15) is 17.5 Å². The van der Waals surface area contributed by atoms with Crippen LogP contribution < -0.4 is 4.90 Å². The smallest absolute Gasteiger partial charge is 0.239 e. The predicted molar refractivity (Wildman–Crippen MR) is 79.0 cm³/mol. The van der Waals surface area contributed by atoms with Gasteiger partial charge in [0.25, 0.3) is 0 Å². The van der Waals surface area contributed by atoms with Gasteiger partial charge in [-0.3, -0.25) is 9.59 Å². The van der Waals surface area contributed by atoms with Gasteiger partial charge in [0.05, 0.1) is 6.10 Å². The molecule has 0 spiro atoms. The third-order valence-corrected chi connectivity index (χ3v) is 4.20. The minimum Gasteiger partial charge on any atom is -0.389 e. The molecule has 0 radical (unpaired) electrons. The fraction of sp³-hybridized carbons (Fsp3) is 0.500. The van der Waals surface area contributed by atoms with Gasteiger partial charge in [-0.2, -0.15) is 0 Å². The molecule has 5 nitrogen and oxygen atoms in total. The van der Waals surface area contributed by atoms with Crippen molar-refractivity contribution >= 4 is 17.5 Å². The van der Waals surface area contributed by atoms with Gasteiger partial charge in [-0.1, -0.05) is 6.07 Å². The van der Waals surface area contributed by atoms with Crippen molar-refractivity contribution in [3.05, 3.63) is 29.3 Å². The van der Waals surface area contributed by atoms with Crippen molar-refractivity contribution in [3.8, 4) is 0 Å². The minimum absolute atomic E-state index is 0.119. The van der Waals surface area contributed by atoms with Crippen LogP contribution in [0.3, 0.4) is 0 Å². The third kappa shape index (κ3) is 2.53. The molecule has 0 aliphatic carbocycles. The highest BCUT2D eigenvalue weighted by Gasteiger charge is 2.42. The van der Waals surface area contributed by atoms with Gasteiger partial charge >= 0.3 is 0 Å². The zero-order valence-electron chi connectivity index (χ0n) is 12.4. The summed E-state index contributed by atoms with van der Waals surface area (Å²) in [4.78, 5) is 28.0. The largest absolute Gasteiger partial charge is 0.389 e. The number of hydrogen-bond donors (Lipinski definition) is 1. The Bertz CT molecular complexity index is 573. The van der Waals surface area contributed by atoms with Gasteiger partial charge < -0.3 is 14.9 Å². The van der Waals surface area contributed by atoms with E-state index in [1.165, 1.54) is 0 Å². The van der Waals surface area contributed by atoms with Crippen molar-refractivity contribution in [2.75, 3.05) is 24.5 Å². The lowest BCUT2D eigenvalue weighted by Crippen LogP contribution is -2.56. The number of hydrogen-bond acceptors (Lipinski definition) is 3. The number of likely N-dealkylation sites (tertiary alicyclic amines) is 1. The fourth-order valence-corrected chi connectivity index (χ4v) is 3.13. The van der Waals surface area contributed by atoms with E-state index in [1.54, 1.807) is 9.80 Å². The molecule has 112 valence electrons. The van der Waals surface area contributed by atoms with Crippen LogP contribution in [0.15, 0.2) is 18.2 Å². The Hall–Kier alpha value is -1.88. The second kappa shape index (κ2) is 5.15. The molecule has 3 rings (SSSR count). The molecule has 2 amide bonds. The number of carbonyl (C=O) groups is 2. The molecule has 1 atom stereocenters. The lowest BCUT2D eigenvalue weighted by molar-refractivity contribution is -0.148. The minimum atomic E-state index is -0.585. The molecule has 0 saturated carbocycles. The van der Waals surface area contributed by atoms with Crippen LogP contribution in [0.25, 0.3) is 0 Å². The first-order valence-corrected chi connectivity index (χ1v) is 7.32. The Morgan fingerprint density at radius 3 is 2.38 bits per heavy atom. The Kier molecular flexibility index (Phi) is 3.45. The van der Waals surface area contributed by atoms with Crippen molar-refractivity contribution in [1.82, 2.24) is 4.90 Å². The van der Waals surface area contributed by atoms with E-state index >= 15 is 0 Å². The predicted octanol–water partition coefficient (Wildman–Crippen LogP) is 0.859. The summed E-state index contributed by atoms with van der Waals surface area (Å²) in [5.41, 5.74) is 3.09. The molecule has 1 unspecified atom stereocenters. The van der Waals surface area contributed by atoms with Gasteiger partial charge in [-0.15, -0.1) is 0 Å². The Balaban J connectivity index is 1.75. The summed E-state index contributed by atoms with van der Waals surface area (Å²) in [7, 11) is 0. The first-order chi connectivity index (χ1) is 9.95. The highest BCUT2D eigenvalue weighted by atomic mass is 16.3. The van der Waals surface area contributed by atoms with E-state index in [0.29, 0.717) is 26.1 Å². The fourth-order valence-electron chi connectivity index (χ4n) is 3.13. The van der Waals surface area contributed by atoms with Crippen molar-refractivity contribution in [1.29, 1.82) is 0 Å². The first kappa shape index (κ1) is 14.1. The molecule has 2 aliphatic heterocycles. The van der Waals surface area contributed by atoms with E-state index in [4.69, 9.17) is 0 Å². The molecule has 1 aromatic carbocycles. The zero-order valence-corrected chi connectivity index (χ0v) is 12.4. The zero-order chi connectivity index (χ0) is 15.1. The summed E-state index contributed by atoms with van der Waals surface area (Å²) < 4.78 is 0. The average Bonchev–Trinajstić information content (AvgIpc) is 2.75. The summed E-state index contributed by atoms with van der Waals surface area (Å²) in [5, 5.41) is 9.28. The van der Waals surface area contributed by atoms with Crippen LogP contribution in [0.4, 0.5) is 5.69 Å². The van der Waals surface area contributed by atoms with E-state index in [0.717, 1.165) is 16.8 Å². The van der Waals surface area contributed by atoms with E-state index < -0.39 is 12.0 Å². The molecular weight excluding hydrogens is 268 g/mol. The normalized spacial score (nSPS) is 22.6. The number of aliphatic hydroxyl groups excluding tert-OH is 1. The molecule has 0 aromatic heterocycles. The molecule has 2 heterocycles. The number of aliphatic hydroxyl groups is 1. The number of carbonyl (C=O) groups excluding carboxylic acids is 2. The number of β-amino-alcohol motifs (C(OH)–C–C–N with tert-alkyl or cyclic N) is 1. The lowest BCUT2D eigenvalue weighted by Gasteiger charge is -2.37. The maximum absolute atomic E-state index is 12.5. The van der Waals surface area contributed by atoms with Crippen LogP contribution in [0.2, 0.25) is 0 Å². The molecule has 5 heteroatoms. The highest BCUT2D eigenvalue weighted by molar-refractivity contribution is 6.09. The van der Waals surface area contributed by atoms with Crippen LogP contribution in [-0.4, -0.2) is 47.6 Å². The maximum Gasteiger partial charge on any atom is 0.239 e. The maximum atomic E-state index is 12.5. The van der Waals surface area contributed by atoms with Gasteiger partial charge in [0, 0.05) is 25.3 Å². The Morgan fingerprint density at radius 2 is 1.81 bits per heavy atom. The number of rotatable bonds is 2. The van der Waals surface area contributed by atoms with Gasteiger partial charge in [-0.25, -0.2) is 0 Å². The molecule has 2 fully saturated rings. The SMILES string of the molecule is Cc1cc(C)cc(N2CCC(C(=O)N3CC(O)C3)C2=O)c1. The molecule has 1 aromatic rings. The number of amides is 2. The van der Waals surface area contributed by atoms with Crippen LogP contribution in [0.5, 0.6) is 0 Å². The number of nitrogens with zero attached hydrogens (tertiary/aromatic N) is 2. The first-order valence-electron chi connectivity index (χ1n) is 7.32. The Morgan fingerprint density at radius 1 is 1.19 bits per heavy atom. The third-order valence-electron chi connectivity index (χ3n) is 4.20. The van der Waals surface area contributed by atoms with Gasteiger partial charge in [-0.05, 0) is 43.5 Å². The standard InChI is InChI=1S/C16H20N2O3/c1-10-5-11(2)7-12(6-10)18-4-3-14(16(18)21)15(20)17-8-13(19)9-17/h5-7,13-14,19H,3-4,8-9H2,1-2H3.